The smallest absolute Gasteiger partial charge is 0.352 e. The topological polar surface area (TPSA) is 253 Å². The van der Waals surface area contributed by atoms with Crippen LogP contribution in [0.4, 0.5) is 0 Å². The van der Waals surface area contributed by atoms with Crippen molar-refractivity contribution in [2.45, 2.75) is 68.0 Å². The fourth-order valence-corrected chi connectivity index (χ4v) is 6.55. The Morgan fingerprint density at radius 1 is 1.09 bits per heavy atom. The van der Waals surface area contributed by atoms with E-state index in [9.17, 15) is 43.5 Å². The number of hydrogen-bond donors (Lipinski definition) is 6. The molecule has 0 aliphatic carbocycles. The zero-order chi connectivity index (χ0) is 33.1. The Kier molecular flexibility index (Phi) is 9.89. The van der Waals surface area contributed by atoms with E-state index in [0.29, 0.717) is 6.41 Å². The van der Waals surface area contributed by atoms with Gasteiger partial charge < -0.3 is 41.6 Å². The number of thioether (sulfide) groups is 1. The van der Waals surface area contributed by atoms with E-state index in [-0.39, 0.29) is 17.1 Å². The molecule has 0 bridgehead atoms. The van der Waals surface area contributed by atoms with Gasteiger partial charge in [-0.25, -0.2) is 4.79 Å². The summed E-state index contributed by atoms with van der Waals surface area (Å²) in [5.41, 5.74) is 3.43. The van der Waals surface area contributed by atoms with Crippen molar-refractivity contribution in [2.75, 3.05) is 7.05 Å². The molecule has 44 heavy (non-hydrogen) atoms. The standard InChI is InChI=1S/C26H32N6O11S/c1-11(34)42-15-7-6-13(8-16(15)43-12(2)35)18(30-20(37)14(27)9-17(36)28-5)21(38)31-26(24(40)41)25(3,4)44-23-19(29-10-33)22(39)32(23)26/h6-8,10,14,18-19,23H,9,27H2,1-5H3,(H,28,36)(H,29,33)(H,30,37)(H,31,38)(H,40,41)/t14?,18?,19-,23-,26+/m1/s1. The first-order valence-corrected chi connectivity index (χ1v) is 13.9. The molecule has 5 amide bonds. The highest BCUT2D eigenvalue weighted by molar-refractivity contribution is 8.01. The minimum atomic E-state index is -2.36. The van der Waals surface area contributed by atoms with Crippen molar-refractivity contribution in [2.24, 2.45) is 5.73 Å². The number of carboxylic acid groups (broad SMARTS) is 1. The second kappa shape index (κ2) is 12.9. The second-order valence-electron chi connectivity index (χ2n) is 10.3. The number of carboxylic acids is 1. The highest BCUT2D eigenvalue weighted by Crippen LogP contribution is 2.55. The van der Waals surface area contributed by atoms with Gasteiger partial charge in [-0.05, 0) is 31.5 Å². The summed E-state index contributed by atoms with van der Waals surface area (Å²) in [6.07, 6.45) is -0.154. The SMILES string of the molecule is CNC(=O)CC(N)C(=O)NC(C(=O)N[C@@]1(C(=O)O)N2C(=O)[C@@H](NC=O)[C@H]2SC1(C)C)c1ccc(OC(C)=O)c(OC(C)=O)c1. The molecule has 2 saturated heterocycles. The molecular weight excluding hydrogens is 604 g/mol. The highest BCUT2D eigenvalue weighted by atomic mass is 32.2. The van der Waals surface area contributed by atoms with Crippen molar-refractivity contribution in [3.8, 4) is 11.5 Å². The van der Waals surface area contributed by atoms with Gasteiger partial charge >= 0.3 is 17.9 Å². The zero-order valence-electron chi connectivity index (χ0n) is 24.3. The molecule has 0 spiro atoms. The number of fused-ring (bicyclic) bond motifs is 1. The third kappa shape index (κ3) is 6.30. The van der Waals surface area contributed by atoms with Crippen LogP contribution in [0.15, 0.2) is 18.2 Å². The fraction of sp³-hybridized carbons (Fsp3) is 0.462. The third-order valence-corrected chi connectivity index (χ3v) is 8.54. The van der Waals surface area contributed by atoms with E-state index < -0.39 is 81.9 Å². The number of carbonyl (C=O) groups excluding carboxylic acids is 7. The van der Waals surface area contributed by atoms with Crippen LogP contribution >= 0.6 is 11.8 Å². The van der Waals surface area contributed by atoms with Gasteiger partial charge in [-0.3, -0.25) is 38.5 Å². The average molecular weight is 637 g/mol. The summed E-state index contributed by atoms with van der Waals surface area (Å²) in [6, 6.07) is -0.689. The van der Waals surface area contributed by atoms with E-state index in [2.05, 4.69) is 21.3 Å². The van der Waals surface area contributed by atoms with Crippen LogP contribution in [0.1, 0.15) is 45.7 Å². The van der Waals surface area contributed by atoms with Gasteiger partial charge in [-0.2, -0.15) is 0 Å². The Bertz CT molecular complexity index is 1420. The molecule has 18 heteroatoms. The molecule has 7 N–H and O–H groups in total. The molecule has 2 aliphatic rings. The highest BCUT2D eigenvalue weighted by Gasteiger charge is 2.74. The van der Waals surface area contributed by atoms with Gasteiger partial charge in [0.15, 0.2) is 11.5 Å². The monoisotopic (exact) mass is 636 g/mol. The second-order valence-corrected chi connectivity index (χ2v) is 12.1. The number of esters is 2. The maximum Gasteiger partial charge on any atom is 0.352 e. The number of nitrogens with two attached hydrogens (primary N) is 1. The van der Waals surface area contributed by atoms with Gasteiger partial charge in [0.25, 0.3) is 5.91 Å². The first-order chi connectivity index (χ1) is 20.5. The molecule has 1 aromatic rings. The Morgan fingerprint density at radius 2 is 1.70 bits per heavy atom. The van der Waals surface area contributed by atoms with Gasteiger partial charge in [0.1, 0.15) is 17.5 Å². The first-order valence-electron chi connectivity index (χ1n) is 13.0. The summed E-state index contributed by atoms with van der Waals surface area (Å²) in [4.78, 5) is 100. The lowest BCUT2D eigenvalue weighted by Crippen LogP contribution is -2.80. The molecule has 5 atom stereocenters. The van der Waals surface area contributed by atoms with E-state index in [0.717, 1.165) is 36.6 Å². The maximum atomic E-state index is 14.0. The lowest BCUT2D eigenvalue weighted by Gasteiger charge is -2.49. The summed E-state index contributed by atoms with van der Waals surface area (Å²) < 4.78 is 8.80. The molecule has 2 heterocycles. The van der Waals surface area contributed by atoms with Crippen molar-refractivity contribution >= 4 is 59.7 Å². The van der Waals surface area contributed by atoms with E-state index in [1.54, 1.807) is 0 Å². The van der Waals surface area contributed by atoms with Crippen LogP contribution in [0.5, 0.6) is 11.5 Å². The molecule has 0 saturated carbocycles. The lowest BCUT2D eigenvalue weighted by atomic mass is 9.88. The minimum absolute atomic E-state index is 0.0777. The van der Waals surface area contributed by atoms with Crippen LogP contribution in [-0.2, 0) is 38.4 Å². The fourth-order valence-electron chi connectivity index (χ4n) is 4.84. The summed E-state index contributed by atoms with van der Waals surface area (Å²) in [6.45, 7) is 5.13. The number of nitrogens with zero attached hydrogens (tertiary/aromatic N) is 1. The number of β-lactam (4-membered cyclic amide) rings is 1. The number of ether oxygens (including phenoxy) is 2. The molecule has 2 fully saturated rings. The number of nitrogens with one attached hydrogen (secondary N) is 4. The maximum absolute atomic E-state index is 14.0. The Balaban J connectivity index is 2.09. The van der Waals surface area contributed by atoms with E-state index >= 15 is 0 Å². The largest absolute Gasteiger partial charge is 0.478 e. The van der Waals surface area contributed by atoms with Gasteiger partial charge in [-0.1, -0.05) is 6.07 Å². The Morgan fingerprint density at radius 3 is 2.25 bits per heavy atom. The Hall–Kier alpha value is -4.71. The average Bonchev–Trinajstić information content (AvgIpc) is 3.14. The molecular formula is C26H32N6O11S. The van der Waals surface area contributed by atoms with Gasteiger partial charge in [0.05, 0.1) is 17.2 Å². The summed E-state index contributed by atoms with van der Waals surface area (Å²) >= 11 is 1.03. The predicted molar refractivity (Wildman–Crippen MR) is 150 cm³/mol. The number of aliphatic carboxylic acids is 1. The number of benzene rings is 1. The lowest BCUT2D eigenvalue weighted by molar-refractivity contribution is -0.176. The predicted octanol–water partition coefficient (Wildman–Crippen LogP) is -2.14. The van der Waals surface area contributed by atoms with Gasteiger partial charge in [-0.15, -0.1) is 11.8 Å². The van der Waals surface area contributed by atoms with E-state index in [1.165, 1.54) is 33.0 Å². The van der Waals surface area contributed by atoms with Crippen LogP contribution in [0, 0.1) is 0 Å². The zero-order valence-corrected chi connectivity index (χ0v) is 25.1. The number of rotatable bonds is 12. The molecule has 17 nitrogen and oxygen atoms in total. The number of amides is 5. The Labute approximate surface area is 254 Å². The van der Waals surface area contributed by atoms with E-state index in [4.69, 9.17) is 15.2 Å². The first kappa shape index (κ1) is 33.8. The van der Waals surface area contributed by atoms with Crippen LogP contribution in [-0.4, -0.2) is 92.9 Å². The van der Waals surface area contributed by atoms with Crippen molar-refractivity contribution in [3.63, 3.8) is 0 Å². The third-order valence-electron chi connectivity index (χ3n) is 6.93. The minimum Gasteiger partial charge on any atom is -0.478 e. The van der Waals surface area contributed by atoms with Crippen molar-refractivity contribution in [1.29, 1.82) is 0 Å². The van der Waals surface area contributed by atoms with Crippen LogP contribution in [0.2, 0.25) is 0 Å². The van der Waals surface area contributed by atoms with Crippen molar-refractivity contribution in [3.05, 3.63) is 23.8 Å². The number of hydrogen-bond acceptors (Lipinski definition) is 12. The van der Waals surface area contributed by atoms with Crippen molar-refractivity contribution in [1.82, 2.24) is 26.2 Å². The quantitative estimate of drug-likeness (QED) is 0.0621. The van der Waals surface area contributed by atoms with Crippen LogP contribution in [0.25, 0.3) is 0 Å². The van der Waals surface area contributed by atoms with Crippen LogP contribution < -0.4 is 36.5 Å². The van der Waals surface area contributed by atoms with Crippen molar-refractivity contribution < 1.29 is 52.9 Å². The van der Waals surface area contributed by atoms with Gasteiger partial charge in [0, 0.05) is 20.9 Å². The molecule has 3 rings (SSSR count). The molecule has 0 aromatic heterocycles. The summed E-state index contributed by atoms with van der Waals surface area (Å²) in [7, 11) is 1.33. The molecule has 2 unspecified atom stereocenters. The van der Waals surface area contributed by atoms with Crippen LogP contribution in [0.3, 0.4) is 0 Å². The number of carbonyl (C=O) groups is 8. The molecule has 238 valence electrons. The summed E-state index contributed by atoms with van der Waals surface area (Å²) in [5, 5.41) is 19.0. The molecule has 1 aromatic carbocycles. The van der Waals surface area contributed by atoms with E-state index in [1.807, 2.05) is 0 Å². The summed E-state index contributed by atoms with van der Waals surface area (Å²) in [5.74, 6) is -7.13. The van der Waals surface area contributed by atoms with Gasteiger partial charge in [0.2, 0.25) is 29.8 Å². The molecule has 2 aliphatic heterocycles. The normalized spacial score (nSPS) is 22.7. The molecule has 0 radical (unpaired) electrons.